The van der Waals surface area contributed by atoms with Gasteiger partial charge in [-0.25, -0.2) is 0 Å². The molecule has 4 atom stereocenters. The highest BCUT2D eigenvalue weighted by Crippen LogP contribution is 2.30. The Balaban J connectivity index is 1.90. The molecular weight excluding hydrogens is 212 g/mol. The van der Waals surface area contributed by atoms with E-state index in [-0.39, 0.29) is 6.04 Å². The van der Waals surface area contributed by atoms with Gasteiger partial charge in [0.05, 0.1) is 0 Å². The van der Waals surface area contributed by atoms with Crippen molar-refractivity contribution >= 4 is 5.91 Å². The second-order valence-electron chi connectivity index (χ2n) is 6.01. The molecule has 0 spiro atoms. The summed E-state index contributed by atoms with van der Waals surface area (Å²) in [5, 5.41) is 0. The van der Waals surface area contributed by atoms with Crippen molar-refractivity contribution in [3.8, 4) is 0 Å². The Labute approximate surface area is 105 Å². The van der Waals surface area contributed by atoms with Gasteiger partial charge in [-0.15, -0.1) is 0 Å². The third-order valence-corrected chi connectivity index (χ3v) is 4.57. The lowest BCUT2D eigenvalue weighted by molar-refractivity contribution is -0.133. The zero-order valence-electron chi connectivity index (χ0n) is 11.2. The highest BCUT2D eigenvalue weighted by molar-refractivity contribution is 5.77. The van der Waals surface area contributed by atoms with Crippen molar-refractivity contribution in [2.24, 2.45) is 17.6 Å². The molecular formula is C14H26N2O. The Hall–Kier alpha value is -0.570. The molecule has 1 heterocycles. The summed E-state index contributed by atoms with van der Waals surface area (Å²) in [6.07, 6.45) is 6.40. The molecule has 3 nitrogen and oxygen atoms in total. The van der Waals surface area contributed by atoms with Gasteiger partial charge in [-0.05, 0) is 37.5 Å². The monoisotopic (exact) mass is 238 g/mol. The molecule has 17 heavy (non-hydrogen) atoms. The molecule has 1 amide bonds. The predicted octanol–water partition coefficient (Wildman–Crippen LogP) is 2.15. The van der Waals surface area contributed by atoms with Crippen LogP contribution in [0.2, 0.25) is 0 Å². The Bertz CT molecular complexity index is 279. The summed E-state index contributed by atoms with van der Waals surface area (Å²) < 4.78 is 0. The topological polar surface area (TPSA) is 46.3 Å². The average molecular weight is 238 g/mol. The van der Waals surface area contributed by atoms with Gasteiger partial charge in [-0.1, -0.05) is 20.3 Å². The first-order valence-electron chi connectivity index (χ1n) is 7.16. The third-order valence-electron chi connectivity index (χ3n) is 4.57. The maximum Gasteiger partial charge on any atom is 0.223 e. The molecule has 1 saturated carbocycles. The van der Waals surface area contributed by atoms with Crippen LogP contribution in [0.25, 0.3) is 0 Å². The van der Waals surface area contributed by atoms with E-state index in [2.05, 4.69) is 18.7 Å². The summed E-state index contributed by atoms with van der Waals surface area (Å²) in [6.45, 7) is 5.39. The van der Waals surface area contributed by atoms with Crippen LogP contribution in [0.1, 0.15) is 52.4 Å². The first-order chi connectivity index (χ1) is 8.11. The molecule has 1 saturated heterocycles. The number of nitrogens with two attached hydrogens (primary N) is 1. The van der Waals surface area contributed by atoms with Crippen molar-refractivity contribution in [1.29, 1.82) is 0 Å². The van der Waals surface area contributed by atoms with Gasteiger partial charge in [0.15, 0.2) is 0 Å². The minimum Gasteiger partial charge on any atom is -0.339 e. The van der Waals surface area contributed by atoms with E-state index in [1.807, 2.05) is 0 Å². The van der Waals surface area contributed by atoms with Crippen molar-refractivity contribution in [2.75, 3.05) is 6.54 Å². The summed E-state index contributed by atoms with van der Waals surface area (Å²) in [4.78, 5) is 14.5. The SMILES string of the molecule is CCC1CC(C)CN1C(=O)C[C@@H]1CCC[C@H]1N. The van der Waals surface area contributed by atoms with E-state index < -0.39 is 0 Å². The van der Waals surface area contributed by atoms with Gasteiger partial charge in [0.1, 0.15) is 0 Å². The van der Waals surface area contributed by atoms with Gasteiger partial charge in [-0.3, -0.25) is 4.79 Å². The van der Waals surface area contributed by atoms with Crippen molar-refractivity contribution < 1.29 is 4.79 Å². The number of nitrogens with zero attached hydrogens (tertiary/aromatic N) is 1. The quantitative estimate of drug-likeness (QED) is 0.819. The second kappa shape index (κ2) is 5.38. The fourth-order valence-electron chi connectivity index (χ4n) is 3.50. The van der Waals surface area contributed by atoms with Crippen LogP contribution in [0.3, 0.4) is 0 Å². The van der Waals surface area contributed by atoms with Crippen molar-refractivity contribution in [3.63, 3.8) is 0 Å². The van der Waals surface area contributed by atoms with Gasteiger partial charge >= 0.3 is 0 Å². The lowest BCUT2D eigenvalue weighted by Gasteiger charge is -2.26. The van der Waals surface area contributed by atoms with E-state index in [1.165, 1.54) is 12.8 Å². The van der Waals surface area contributed by atoms with Crippen LogP contribution in [0.4, 0.5) is 0 Å². The molecule has 2 N–H and O–H groups in total. The van der Waals surface area contributed by atoms with E-state index in [1.54, 1.807) is 0 Å². The molecule has 0 bridgehead atoms. The van der Waals surface area contributed by atoms with Crippen LogP contribution in [-0.2, 0) is 4.79 Å². The van der Waals surface area contributed by atoms with Crippen molar-refractivity contribution in [3.05, 3.63) is 0 Å². The zero-order chi connectivity index (χ0) is 12.4. The molecule has 1 aliphatic heterocycles. The lowest BCUT2D eigenvalue weighted by Crippen LogP contribution is -2.38. The summed E-state index contributed by atoms with van der Waals surface area (Å²) in [6, 6.07) is 0.745. The molecule has 0 aromatic heterocycles. The minimum absolute atomic E-state index is 0.263. The van der Waals surface area contributed by atoms with Gasteiger partial charge in [0.25, 0.3) is 0 Å². The fraction of sp³-hybridized carbons (Fsp3) is 0.929. The molecule has 1 aliphatic carbocycles. The number of carbonyl (C=O) groups is 1. The maximum absolute atomic E-state index is 12.3. The highest BCUT2D eigenvalue weighted by atomic mass is 16.2. The Morgan fingerprint density at radius 3 is 2.76 bits per heavy atom. The largest absolute Gasteiger partial charge is 0.339 e. The fourth-order valence-corrected chi connectivity index (χ4v) is 3.50. The maximum atomic E-state index is 12.3. The van der Waals surface area contributed by atoms with Crippen LogP contribution < -0.4 is 5.73 Å². The Morgan fingerprint density at radius 2 is 2.18 bits per heavy atom. The predicted molar refractivity (Wildman–Crippen MR) is 69.5 cm³/mol. The average Bonchev–Trinajstić information content (AvgIpc) is 2.85. The molecule has 0 radical (unpaired) electrons. The van der Waals surface area contributed by atoms with Gasteiger partial charge in [0.2, 0.25) is 5.91 Å². The van der Waals surface area contributed by atoms with Gasteiger partial charge in [-0.2, -0.15) is 0 Å². The first kappa shape index (κ1) is 12.9. The van der Waals surface area contributed by atoms with E-state index in [0.29, 0.717) is 30.2 Å². The molecule has 0 aromatic rings. The summed E-state index contributed by atoms with van der Waals surface area (Å²) >= 11 is 0. The Kier molecular flexibility index (Phi) is 4.08. The number of hydrogen-bond donors (Lipinski definition) is 1. The highest BCUT2D eigenvalue weighted by Gasteiger charge is 2.34. The van der Waals surface area contributed by atoms with Crippen molar-refractivity contribution in [2.45, 2.75) is 64.5 Å². The smallest absolute Gasteiger partial charge is 0.223 e. The van der Waals surface area contributed by atoms with E-state index in [9.17, 15) is 4.79 Å². The van der Waals surface area contributed by atoms with E-state index in [4.69, 9.17) is 5.73 Å². The number of amides is 1. The number of likely N-dealkylation sites (tertiary alicyclic amines) is 1. The third kappa shape index (κ3) is 2.82. The van der Waals surface area contributed by atoms with E-state index >= 15 is 0 Å². The first-order valence-corrected chi connectivity index (χ1v) is 7.16. The summed E-state index contributed by atoms with van der Waals surface area (Å²) in [5.74, 6) is 1.46. The molecule has 2 aliphatic rings. The molecule has 2 unspecified atom stereocenters. The number of rotatable bonds is 3. The second-order valence-corrected chi connectivity index (χ2v) is 6.01. The van der Waals surface area contributed by atoms with Crippen LogP contribution >= 0.6 is 0 Å². The summed E-state index contributed by atoms with van der Waals surface area (Å²) in [7, 11) is 0. The molecule has 2 fully saturated rings. The Morgan fingerprint density at radius 1 is 1.41 bits per heavy atom. The van der Waals surface area contributed by atoms with E-state index in [0.717, 1.165) is 25.8 Å². The molecule has 2 rings (SSSR count). The standard InChI is InChI=1S/C14H26N2O/c1-3-12-7-10(2)9-16(12)14(17)8-11-5-4-6-13(11)15/h10-13H,3-9,15H2,1-2H3/t10?,11-,12?,13+/m0/s1. The van der Waals surface area contributed by atoms with Crippen molar-refractivity contribution in [1.82, 2.24) is 4.90 Å². The normalized spacial score (nSPS) is 37.7. The molecule has 3 heteroatoms. The van der Waals surface area contributed by atoms with Crippen LogP contribution in [0, 0.1) is 11.8 Å². The van der Waals surface area contributed by atoms with Gasteiger partial charge < -0.3 is 10.6 Å². The van der Waals surface area contributed by atoms with Crippen LogP contribution in [0.5, 0.6) is 0 Å². The van der Waals surface area contributed by atoms with Crippen LogP contribution in [0.15, 0.2) is 0 Å². The number of carbonyl (C=O) groups excluding carboxylic acids is 1. The number of hydrogen-bond acceptors (Lipinski definition) is 2. The van der Waals surface area contributed by atoms with Gasteiger partial charge in [0, 0.05) is 25.0 Å². The molecule has 98 valence electrons. The zero-order valence-corrected chi connectivity index (χ0v) is 11.2. The lowest BCUT2D eigenvalue weighted by atomic mass is 9.99. The molecule has 0 aromatic carbocycles. The van der Waals surface area contributed by atoms with Crippen LogP contribution in [-0.4, -0.2) is 29.4 Å². The minimum atomic E-state index is 0.263. The summed E-state index contributed by atoms with van der Waals surface area (Å²) in [5.41, 5.74) is 6.05.